The number of carboxylic acids is 1. The van der Waals surface area contributed by atoms with Crippen LogP contribution in [0.5, 0.6) is 5.75 Å². The molecule has 5 heteroatoms. The quantitative estimate of drug-likeness (QED) is 0.471. The SMILES string of the molecule is CCOCOc1ccc(F)cc1/C=C/C(=O)O. The van der Waals surface area contributed by atoms with Gasteiger partial charge in [-0.3, -0.25) is 0 Å². The van der Waals surface area contributed by atoms with Crippen molar-refractivity contribution in [2.75, 3.05) is 13.4 Å². The smallest absolute Gasteiger partial charge is 0.328 e. The molecule has 0 saturated heterocycles. The number of halogens is 1. The van der Waals surface area contributed by atoms with E-state index >= 15 is 0 Å². The molecule has 0 bridgehead atoms. The molecule has 92 valence electrons. The normalized spacial score (nSPS) is 10.7. The van der Waals surface area contributed by atoms with Gasteiger partial charge >= 0.3 is 5.97 Å². The van der Waals surface area contributed by atoms with Crippen molar-refractivity contribution >= 4 is 12.0 Å². The largest absolute Gasteiger partial charge is 0.478 e. The zero-order valence-electron chi connectivity index (χ0n) is 9.35. The van der Waals surface area contributed by atoms with Gasteiger partial charge in [0.05, 0.1) is 0 Å². The van der Waals surface area contributed by atoms with E-state index in [-0.39, 0.29) is 6.79 Å². The van der Waals surface area contributed by atoms with Gasteiger partial charge in [0, 0.05) is 18.2 Å². The zero-order chi connectivity index (χ0) is 12.7. The first-order valence-corrected chi connectivity index (χ1v) is 5.04. The van der Waals surface area contributed by atoms with Gasteiger partial charge in [0.15, 0.2) is 6.79 Å². The van der Waals surface area contributed by atoms with Crippen molar-refractivity contribution in [1.29, 1.82) is 0 Å². The Bertz CT molecular complexity index is 415. The van der Waals surface area contributed by atoms with Crippen LogP contribution in [-0.2, 0) is 9.53 Å². The first-order valence-electron chi connectivity index (χ1n) is 5.04. The predicted molar refractivity (Wildman–Crippen MR) is 60.2 cm³/mol. The summed E-state index contributed by atoms with van der Waals surface area (Å²) in [5, 5.41) is 8.50. The van der Waals surface area contributed by atoms with Gasteiger partial charge < -0.3 is 14.6 Å². The monoisotopic (exact) mass is 240 g/mol. The number of rotatable bonds is 6. The van der Waals surface area contributed by atoms with Gasteiger partial charge in [0.1, 0.15) is 11.6 Å². The first kappa shape index (κ1) is 13.2. The molecule has 1 aromatic rings. The van der Waals surface area contributed by atoms with Crippen LogP contribution in [0.3, 0.4) is 0 Å². The third-order valence-corrected chi connectivity index (χ3v) is 1.88. The summed E-state index contributed by atoms with van der Waals surface area (Å²) in [4.78, 5) is 10.4. The second-order valence-electron chi connectivity index (χ2n) is 3.11. The molecule has 0 amide bonds. The topological polar surface area (TPSA) is 55.8 Å². The van der Waals surface area contributed by atoms with Crippen molar-refractivity contribution in [3.8, 4) is 5.75 Å². The van der Waals surface area contributed by atoms with Crippen LogP contribution in [0.2, 0.25) is 0 Å². The number of carboxylic acid groups (broad SMARTS) is 1. The molecule has 0 atom stereocenters. The van der Waals surface area contributed by atoms with E-state index in [4.69, 9.17) is 14.6 Å². The molecular weight excluding hydrogens is 227 g/mol. The number of aliphatic carboxylic acids is 1. The van der Waals surface area contributed by atoms with E-state index in [1.807, 2.05) is 6.92 Å². The zero-order valence-corrected chi connectivity index (χ0v) is 9.35. The summed E-state index contributed by atoms with van der Waals surface area (Å²) in [6, 6.07) is 3.86. The molecule has 0 radical (unpaired) electrons. The Hall–Kier alpha value is -1.88. The van der Waals surface area contributed by atoms with E-state index in [9.17, 15) is 9.18 Å². The molecule has 4 nitrogen and oxygen atoms in total. The lowest BCUT2D eigenvalue weighted by Gasteiger charge is -2.08. The highest BCUT2D eigenvalue weighted by molar-refractivity contribution is 5.85. The van der Waals surface area contributed by atoms with Crippen molar-refractivity contribution in [2.45, 2.75) is 6.92 Å². The van der Waals surface area contributed by atoms with E-state index in [1.165, 1.54) is 24.3 Å². The van der Waals surface area contributed by atoms with Gasteiger partial charge in [0.25, 0.3) is 0 Å². The van der Waals surface area contributed by atoms with Crippen LogP contribution in [0.25, 0.3) is 6.08 Å². The van der Waals surface area contributed by atoms with Crippen molar-refractivity contribution in [3.63, 3.8) is 0 Å². The molecule has 0 spiro atoms. The molecular formula is C12H13FO4. The molecule has 0 aliphatic heterocycles. The average Bonchev–Trinajstić information content (AvgIpc) is 2.29. The molecule has 1 N–H and O–H groups in total. The Morgan fingerprint density at radius 2 is 2.29 bits per heavy atom. The Kier molecular flexibility index (Phi) is 5.16. The minimum absolute atomic E-state index is 0.0377. The second-order valence-corrected chi connectivity index (χ2v) is 3.11. The number of ether oxygens (including phenoxy) is 2. The van der Waals surface area contributed by atoms with Gasteiger partial charge in [-0.25, -0.2) is 9.18 Å². The lowest BCUT2D eigenvalue weighted by molar-refractivity contribution is -0.131. The maximum absolute atomic E-state index is 13.0. The minimum atomic E-state index is -1.11. The Labute approximate surface area is 98.3 Å². The maximum Gasteiger partial charge on any atom is 0.328 e. The molecule has 0 fully saturated rings. The van der Waals surface area contributed by atoms with Crippen LogP contribution in [-0.4, -0.2) is 24.5 Å². The highest BCUT2D eigenvalue weighted by atomic mass is 19.1. The molecule has 1 rings (SSSR count). The van der Waals surface area contributed by atoms with Gasteiger partial charge in [-0.2, -0.15) is 0 Å². The Morgan fingerprint density at radius 1 is 1.53 bits per heavy atom. The summed E-state index contributed by atoms with van der Waals surface area (Å²) >= 11 is 0. The summed E-state index contributed by atoms with van der Waals surface area (Å²) in [5.41, 5.74) is 0.354. The van der Waals surface area contributed by atoms with Crippen LogP contribution in [0.4, 0.5) is 4.39 Å². The molecule has 0 aliphatic carbocycles. The summed E-state index contributed by atoms with van der Waals surface area (Å²) in [5.74, 6) is -1.19. The van der Waals surface area contributed by atoms with E-state index < -0.39 is 11.8 Å². The number of hydrogen-bond acceptors (Lipinski definition) is 3. The van der Waals surface area contributed by atoms with Crippen LogP contribution < -0.4 is 4.74 Å². The highest BCUT2D eigenvalue weighted by Gasteiger charge is 2.03. The second kappa shape index (κ2) is 6.65. The summed E-state index contributed by atoms with van der Waals surface area (Å²) < 4.78 is 23.2. The molecule has 0 aliphatic rings. The van der Waals surface area contributed by atoms with Crippen LogP contribution in [0.1, 0.15) is 12.5 Å². The van der Waals surface area contributed by atoms with Crippen molar-refractivity contribution in [3.05, 3.63) is 35.7 Å². The Morgan fingerprint density at radius 3 is 2.94 bits per heavy atom. The molecule has 0 saturated carbocycles. The molecule has 0 unspecified atom stereocenters. The fraction of sp³-hybridized carbons (Fsp3) is 0.250. The fourth-order valence-electron chi connectivity index (χ4n) is 1.13. The van der Waals surface area contributed by atoms with Crippen LogP contribution in [0, 0.1) is 5.82 Å². The number of benzene rings is 1. The fourth-order valence-corrected chi connectivity index (χ4v) is 1.13. The third kappa shape index (κ3) is 4.65. The van der Waals surface area contributed by atoms with Gasteiger partial charge in [-0.1, -0.05) is 0 Å². The van der Waals surface area contributed by atoms with Gasteiger partial charge in [0.2, 0.25) is 0 Å². The minimum Gasteiger partial charge on any atom is -0.478 e. The van der Waals surface area contributed by atoms with Crippen LogP contribution in [0.15, 0.2) is 24.3 Å². The summed E-state index contributed by atoms with van der Waals surface area (Å²) in [6.07, 6.45) is 2.19. The average molecular weight is 240 g/mol. The third-order valence-electron chi connectivity index (χ3n) is 1.88. The van der Waals surface area contributed by atoms with E-state index in [2.05, 4.69) is 0 Å². The predicted octanol–water partition coefficient (Wildman–Crippen LogP) is 2.30. The number of hydrogen-bond donors (Lipinski definition) is 1. The molecule has 0 heterocycles. The van der Waals surface area contributed by atoms with Crippen LogP contribution >= 0.6 is 0 Å². The van der Waals surface area contributed by atoms with E-state index in [0.29, 0.717) is 17.9 Å². The summed E-state index contributed by atoms with van der Waals surface area (Å²) in [7, 11) is 0. The molecule has 1 aromatic carbocycles. The highest BCUT2D eigenvalue weighted by Crippen LogP contribution is 2.21. The van der Waals surface area contributed by atoms with Crippen molar-refractivity contribution < 1.29 is 23.8 Å². The first-order chi connectivity index (χ1) is 8.13. The lowest BCUT2D eigenvalue weighted by Crippen LogP contribution is -2.03. The number of carbonyl (C=O) groups is 1. The summed E-state index contributed by atoms with van der Waals surface area (Å²) in [6.45, 7) is 2.36. The van der Waals surface area contributed by atoms with E-state index in [1.54, 1.807) is 0 Å². The van der Waals surface area contributed by atoms with Gasteiger partial charge in [-0.15, -0.1) is 0 Å². The molecule has 0 aromatic heterocycles. The maximum atomic E-state index is 13.0. The van der Waals surface area contributed by atoms with Crippen molar-refractivity contribution in [1.82, 2.24) is 0 Å². The Balaban J connectivity index is 2.83. The van der Waals surface area contributed by atoms with Gasteiger partial charge in [-0.05, 0) is 31.2 Å². The lowest BCUT2D eigenvalue weighted by atomic mass is 10.2. The van der Waals surface area contributed by atoms with E-state index in [0.717, 1.165) is 6.08 Å². The standard InChI is InChI=1S/C12H13FO4/c1-2-16-8-17-11-5-4-10(13)7-9(11)3-6-12(14)15/h3-7H,2,8H2,1H3,(H,14,15)/b6-3+. The molecule has 17 heavy (non-hydrogen) atoms. The van der Waals surface area contributed by atoms with Crippen molar-refractivity contribution in [2.24, 2.45) is 0 Å².